The van der Waals surface area contributed by atoms with E-state index in [1.54, 1.807) is 31.3 Å². The van der Waals surface area contributed by atoms with Gasteiger partial charge in [0.2, 0.25) is 11.8 Å². The van der Waals surface area contributed by atoms with Gasteiger partial charge in [0.15, 0.2) is 10.8 Å². The molecule has 0 radical (unpaired) electrons. The van der Waals surface area contributed by atoms with Gasteiger partial charge >= 0.3 is 0 Å². The van der Waals surface area contributed by atoms with Gasteiger partial charge in [-0.05, 0) is 11.6 Å². The average molecular weight is 291 g/mol. The lowest BCUT2D eigenvalue weighted by Crippen LogP contribution is -2.44. The molecule has 0 bridgehead atoms. The van der Waals surface area contributed by atoms with Crippen molar-refractivity contribution in [2.75, 3.05) is 11.9 Å². The molecule has 3 aliphatic rings. The second-order valence-electron chi connectivity index (χ2n) is 5.68. The lowest BCUT2D eigenvalue weighted by molar-refractivity contribution is -0.127. The molecule has 2 aliphatic heterocycles. The number of benzene rings is 1. The summed E-state index contributed by atoms with van der Waals surface area (Å²) in [5, 5.41) is 29.6. The highest BCUT2D eigenvalue weighted by Crippen LogP contribution is 2.83. The second kappa shape index (κ2) is 3.18. The summed E-state index contributed by atoms with van der Waals surface area (Å²) in [7, 11) is 1.54. The standard InChI is InChI=1S/C15H9N5O2/c1-20-9-5-3-2-4-8(9)15(12(20)22)13(6-16)10(18)19-11(21)14(13,15)7-17/h2-5H,1H3,(H2,18,19,21). The van der Waals surface area contributed by atoms with E-state index in [0.717, 1.165) is 0 Å². The first-order chi connectivity index (χ1) is 10.5. The topological polar surface area (TPSA) is 121 Å². The minimum Gasteiger partial charge on any atom is -0.314 e. The molecule has 106 valence electrons. The normalized spacial score (nSPS) is 37.4. The molecule has 3 unspecified atom stereocenters. The van der Waals surface area contributed by atoms with Crippen LogP contribution in [0.3, 0.4) is 0 Å². The molecule has 7 heteroatoms. The monoisotopic (exact) mass is 291 g/mol. The van der Waals surface area contributed by atoms with Crippen LogP contribution in [0.25, 0.3) is 0 Å². The van der Waals surface area contributed by atoms with Gasteiger partial charge in [0.1, 0.15) is 11.3 Å². The number of para-hydroxylation sites is 1. The van der Waals surface area contributed by atoms with Crippen LogP contribution in [-0.4, -0.2) is 24.7 Å². The van der Waals surface area contributed by atoms with Gasteiger partial charge < -0.3 is 10.2 Å². The SMILES string of the molecule is CN1C(=O)C2(c3ccccc31)C1(C#N)C(=N)NC(=O)C12C#N. The quantitative estimate of drug-likeness (QED) is 0.701. The van der Waals surface area contributed by atoms with Gasteiger partial charge in [0.05, 0.1) is 12.1 Å². The van der Waals surface area contributed by atoms with E-state index >= 15 is 0 Å². The maximum absolute atomic E-state index is 12.9. The zero-order valence-corrected chi connectivity index (χ0v) is 11.5. The second-order valence-corrected chi connectivity index (χ2v) is 5.68. The number of rotatable bonds is 0. The van der Waals surface area contributed by atoms with Crippen molar-refractivity contribution in [2.45, 2.75) is 5.41 Å². The molecule has 4 rings (SSSR count). The first-order valence-corrected chi connectivity index (χ1v) is 6.58. The highest BCUT2D eigenvalue weighted by Gasteiger charge is 3.02. The van der Waals surface area contributed by atoms with Crippen molar-refractivity contribution in [3.8, 4) is 12.1 Å². The predicted octanol–water partition coefficient (Wildman–Crippen LogP) is 0.0414. The molecule has 7 nitrogen and oxygen atoms in total. The Morgan fingerprint density at radius 3 is 2.41 bits per heavy atom. The third kappa shape index (κ3) is 0.751. The lowest BCUT2D eigenvalue weighted by atomic mass is 9.84. The van der Waals surface area contributed by atoms with Crippen molar-refractivity contribution in [1.29, 1.82) is 15.9 Å². The molecular formula is C15H9N5O2. The van der Waals surface area contributed by atoms with E-state index < -0.39 is 28.1 Å². The van der Waals surface area contributed by atoms with Crippen molar-refractivity contribution in [2.24, 2.45) is 10.8 Å². The fourth-order valence-electron chi connectivity index (χ4n) is 4.31. The Morgan fingerprint density at radius 1 is 1.18 bits per heavy atom. The lowest BCUT2D eigenvalue weighted by Gasteiger charge is -2.17. The Balaban J connectivity index is 2.16. The molecule has 2 fully saturated rings. The average Bonchev–Trinajstić information content (AvgIpc) is 2.94. The third-order valence-electron chi connectivity index (χ3n) is 5.21. The van der Waals surface area contributed by atoms with Gasteiger partial charge in [0, 0.05) is 12.7 Å². The van der Waals surface area contributed by atoms with Crippen LogP contribution in [0.15, 0.2) is 24.3 Å². The number of nitriles is 2. The Morgan fingerprint density at radius 2 is 1.82 bits per heavy atom. The predicted molar refractivity (Wildman–Crippen MR) is 73.5 cm³/mol. The van der Waals surface area contributed by atoms with Crippen LogP contribution >= 0.6 is 0 Å². The molecule has 2 N–H and O–H groups in total. The number of fused-ring (bicyclic) bond motifs is 5. The fraction of sp³-hybridized carbons (Fsp3) is 0.267. The van der Waals surface area contributed by atoms with E-state index in [1.807, 2.05) is 12.1 Å². The number of hydrogen-bond donors (Lipinski definition) is 2. The Labute approximate surface area is 125 Å². The number of amidine groups is 1. The minimum atomic E-state index is -1.87. The molecule has 1 spiro atoms. The minimum absolute atomic E-state index is 0.375. The van der Waals surface area contributed by atoms with Crippen molar-refractivity contribution in [3.63, 3.8) is 0 Å². The number of hydrogen-bond acceptors (Lipinski definition) is 5. The molecule has 1 aromatic rings. The number of anilines is 1. The van der Waals surface area contributed by atoms with Crippen LogP contribution in [0.1, 0.15) is 5.56 Å². The molecule has 0 aromatic heterocycles. The van der Waals surface area contributed by atoms with Gasteiger partial charge in [-0.2, -0.15) is 10.5 Å². The molecule has 1 aromatic carbocycles. The van der Waals surface area contributed by atoms with Crippen molar-refractivity contribution < 1.29 is 9.59 Å². The number of piperidine rings is 1. The Kier molecular flexibility index (Phi) is 1.81. The van der Waals surface area contributed by atoms with E-state index in [9.17, 15) is 20.1 Å². The number of amides is 2. The largest absolute Gasteiger partial charge is 0.314 e. The van der Waals surface area contributed by atoms with Gasteiger partial charge in [-0.25, -0.2) is 0 Å². The van der Waals surface area contributed by atoms with E-state index in [2.05, 4.69) is 5.32 Å². The van der Waals surface area contributed by atoms with E-state index in [-0.39, 0.29) is 5.84 Å². The zero-order chi connectivity index (χ0) is 15.9. The van der Waals surface area contributed by atoms with Crippen molar-refractivity contribution in [1.82, 2.24) is 5.32 Å². The number of nitrogens with zero attached hydrogens (tertiary/aromatic N) is 3. The summed E-state index contributed by atoms with van der Waals surface area (Å²) in [5.74, 6) is -1.61. The summed E-state index contributed by atoms with van der Waals surface area (Å²) in [6.45, 7) is 0. The molecule has 1 saturated heterocycles. The Bertz CT molecular complexity index is 854. The van der Waals surface area contributed by atoms with Gasteiger partial charge in [-0.3, -0.25) is 15.0 Å². The Hall–Kier alpha value is -3.19. The van der Waals surface area contributed by atoms with E-state index in [1.165, 1.54) is 4.90 Å². The molecule has 1 saturated carbocycles. The van der Waals surface area contributed by atoms with Crippen LogP contribution in [0, 0.1) is 38.9 Å². The first-order valence-electron chi connectivity index (χ1n) is 6.58. The summed E-state index contributed by atoms with van der Waals surface area (Å²) in [5.41, 5.74) is -4.24. The smallest absolute Gasteiger partial charge is 0.249 e. The maximum atomic E-state index is 12.9. The summed E-state index contributed by atoms with van der Waals surface area (Å²) in [6.07, 6.45) is 0. The molecular weight excluding hydrogens is 282 g/mol. The van der Waals surface area contributed by atoms with Crippen molar-refractivity contribution in [3.05, 3.63) is 29.8 Å². The summed E-state index contributed by atoms with van der Waals surface area (Å²) < 4.78 is 0. The highest BCUT2D eigenvalue weighted by atomic mass is 16.2. The third-order valence-corrected chi connectivity index (χ3v) is 5.21. The number of likely N-dealkylation sites (N-methyl/N-ethyl adjacent to an activating group) is 1. The van der Waals surface area contributed by atoms with Crippen LogP contribution in [0.4, 0.5) is 5.69 Å². The van der Waals surface area contributed by atoms with Crippen LogP contribution < -0.4 is 10.2 Å². The molecule has 22 heavy (non-hydrogen) atoms. The van der Waals surface area contributed by atoms with Crippen LogP contribution in [-0.2, 0) is 15.0 Å². The maximum Gasteiger partial charge on any atom is 0.249 e. The van der Waals surface area contributed by atoms with Gasteiger partial charge in [-0.1, -0.05) is 18.2 Å². The van der Waals surface area contributed by atoms with E-state index in [0.29, 0.717) is 11.3 Å². The summed E-state index contributed by atoms with van der Waals surface area (Å²) >= 11 is 0. The van der Waals surface area contributed by atoms with Crippen molar-refractivity contribution >= 4 is 23.3 Å². The highest BCUT2D eigenvalue weighted by molar-refractivity contribution is 6.31. The van der Waals surface area contributed by atoms with Gasteiger partial charge in [-0.15, -0.1) is 0 Å². The van der Waals surface area contributed by atoms with Gasteiger partial charge in [0.25, 0.3) is 0 Å². The molecule has 2 amide bonds. The number of carbonyl (C=O) groups is 2. The van der Waals surface area contributed by atoms with Crippen LogP contribution in [0.5, 0.6) is 0 Å². The van der Waals surface area contributed by atoms with E-state index in [4.69, 9.17) is 5.41 Å². The molecule has 3 atom stereocenters. The first kappa shape index (κ1) is 12.5. The summed E-state index contributed by atoms with van der Waals surface area (Å²) in [6, 6.07) is 10.6. The number of carbonyl (C=O) groups excluding carboxylic acids is 2. The number of nitrogens with one attached hydrogen (secondary N) is 2. The summed E-state index contributed by atoms with van der Waals surface area (Å²) in [4.78, 5) is 26.6. The molecule has 2 heterocycles. The van der Waals surface area contributed by atoms with Crippen LogP contribution in [0.2, 0.25) is 0 Å². The molecule has 1 aliphatic carbocycles. The fourth-order valence-corrected chi connectivity index (χ4v) is 4.31. The zero-order valence-electron chi connectivity index (χ0n) is 11.5.